The fourth-order valence-electron chi connectivity index (χ4n) is 5.09. The van der Waals surface area contributed by atoms with E-state index in [2.05, 4.69) is 33.9 Å². The average Bonchev–Trinajstić information content (AvgIpc) is 3.34. The van der Waals surface area contributed by atoms with Gasteiger partial charge in [0.05, 0.1) is 37.9 Å². The maximum Gasteiger partial charge on any atom is 0.416 e. The van der Waals surface area contributed by atoms with Crippen molar-refractivity contribution in [1.82, 2.24) is 4.90 Å². The van der Waals surface area contributed by atoms with Gasteiger partial charge >= 0.3 is 6.09 Å². The van der Waals surface area contributed by atoms with Gasteiger partial charge in [-0.1, -0.05) is 77.1 Å². The smallest absolute Gasteiger partial charge is 0.416 e. The van der Waals surface area contributed by atoms with Gasteiger partial charge in [-0.15, -0.1) is 0 Å². The fourth-order valence-corrected chi connectivity index (χ4v) is 6.53. The third-order valence-corrected chi connectivity index (χ3v) is 13.5. The Morgan fingerprint density at radius 1 is 1.07 bits per heavy atom. The molecule has 1 aliphatic rings. The zero-order valence-electron chi connectivity index (χ0n) is 27.2. The second-order valence-corrected chi connectivity index (χ2v) is 18.0. The number of cyclic esters (lactones) is 1. The fraction of sp³-hybridized carbons (Fsp3) is 0.588. The van der Waals surface area contributed by atoms with E-state index in [0.717, 1.165) is 23.3 Å². The van der Waals surface area contributed by atoms with E-state index in [9.17, 15) is 14.7 Å². The molecule has 0 saturated carbocycles. The minimum atomic E-state index is -2.19. The van der Waals surface area contributed by atoms with Crippen molar-refractivity contribution in [3.05, 3.63) is 65.7 Å². The molecule has 0 unspecified atom stereocenters. The third-order valence-electron chi connectivity index (χ3n) is 9.00. The van der Waals surface area contributed by atoms with Crippen LogP contribution >= 0.6 is 0 Å². The van der Waals surface area contributed by atoms with Crippen LogP contribution in [0.4, 0.5) is 4.79 Å². The van der Waals surface area contributed by atoms with Gasteiger partial charge in [0.1, 0.15) is 12.4 Å². The number of aliphatic hydroxyl groups excluding tert-OH is 1. The van der Waals surface area contributed by atoms with E-state index in [1.165, 1.54) is 4.90 Å². The Hall–Kier alpha value is -2.72. The summed E-state index contributed by atoms with van der Waals surface area (Å²) in [4.78, 5) is 27.5. The highest BCUT2D eigenvalue weighted by Gasteiger charge is 2.45. The number of benzene rings is 2. The lowest BCUT2D eigenvalue weighted by Gasteiger charge is -2.42. The molecular weight excluding hydrogens is 562 g/mol. The molecule has 0 radical (unpaired) electrons. The summed E-state index contributed by atoms with van der Waals surface area (Å²) in [5, 5.41) is 11.5. The van der Waals surface area contributed by atoms with Crippen molar-refractivity contribution < 1.29 is 33.3 Å². The number of aliphatic hydroxyl groups is 1. The molecule has 9 heteroatoms. The standard InChI is InChI=1S/C34H51NO7Si/c1-24(31(36)25(2)32(37)35-28(23-41-33(35)38)21-26-13-10-9-11-14-26)30(42-43(7,8)34(3,4)5)15-12-20-40-22-27-16-18-29(39-6)19-17-27/h9-11,13-14,16-19,24-25,28,30-31,36H,12,15,20-23H2,1-8H3/t24-,25+,28+,30-,31-/m0/s1. The molecular formula is C34H51NO7Si. The van der Waals surface area contributed by atoms with Crippen LogP contribution in [0.5, 0.6) is 5.75 Å². The predicted molar refractivity (Wildman–Crippen MR) is 170 cm³/mol. The van der Waals surface area contributed by atoms with E-state index in [1.807, 2.05) is 61.5 Å². The van der Waals surface area contributed by atoms with E-state index in [4.69, 9.17) is 18.6 Å². The molecule has 5 atom stereocenters. The van der Waals surface area contributed by atoms with Gasteiger partial charge in [0.15, 0.2) is 8.32 Å². The first-order valence-corrected chi connectivity index (χ1v) is 18.3. The number of imide groups is 1. The van der Waals surface area contributed by atoms with E-state index >= 15 is 0 Å². The Morgan fingerprint density at radius 3 is 2.33 bits per heavy atom. The summed E-state index contributed by atoms with van der Waals surface area (Å²) in [5.41, 5.74) is 2.08. The number of ether oxygens (including phenoxy) is 3. The molecule has 1 saturated heterocycles. The monoisotopic (exact) mass is 613 g/mol. The quantitative estimate of drug-likeness (QED) is 0.179. The van der Waals surface area contributed by atoms with E-state index in [0.29, 0.717) is 26.1 Å². The van der Waals surface area contributed by atoms with Crippen LogP contribution in [-0.2, 0) is 31.7 Å². The molecule has 2 aromatic carbocycles. The van der Waals surface area contributed by atoms with Crippen LogP contribution in [0.2, 0.25) is 18.1 Å². The van der Waals surface area contributed by atoms with Crippen LogP contribution < -0.4 is 4.74 Å². The number of carbonyl (C=O) groups is 2. The first-order chi connectivity index (χ1) is 20.2. The summed E-state index contributed by atoms with van der Waals surface area (Å²) in [6, 6.07) is 17.1. The molecule has 1 N–H and O–H groups in total. The van der Waals surface area contributed by atoms with Crippen LogP contribution in [0.15, 0.2) is 54.6 Å². The normalized spacial score (nSPS) is 18.6. The summed E-state index contributed by atoms with van der Waals surface area (Å²) >= 11 is 0. The van der Waals surface area contributed by atoms with E-state index in [1.54, 1.807) is 14.0 Å². The molecule has 1 heterocycles. The molecule has 1 fully saturated rings. The zero-order valence-corrected chi connectivity index (χ0v) is 28.2. The molecule has 238 valence electrons. The van der Waals surface area contributed by atoms with Crippen molar-refractivity contribution in [3.63, 3.8) is 0 Å². The Bertz CT molecular complexity index is 1170. The molecule has 8 nitrogen and oxygen atoms in total. The second kappa shape index (κ2) is 15.3. The first kappa shape index (κ1) is 34.8. The minimum Gasteiger partial charge on any atom is -0.497 e. The maximum atomic E-state index is 13.6. The molecule has 0 aromatic heterocycles. The van der Waals surface area contributed by atoms with Gasteiger partial charge in [0.2, 0.25) is 5.91 Å². The first-order valence-electron chi connectivity index (χ1n) is 15.4. The summed E-state index contributed by atoms with van der Waals surface area (Å²) in [6.45, 7) is 15.8. The summed E-state index contributed by atoms with van der Waals surface area (Å²) in [7, 11) is -0.549. The Balaban J connectivity index is 1.66. The van der Waals surface area contributed by atoms with Gasteiger partial charge in [-0.05, 0) is 60.7 Å². The molecule has 43 heavy (non-hydrogen) atoms. The highest BCUT2D eigenvalue weighted by Crippen LogP contribution is 2.39. The van der Waals surface area contributed by atoms with Crippen LogP contribution in [0, 0.1) is 11.8 Å². The summed E-state index contributed by atoms with van der Waals surface area (Å²) in [6.07, 6.45) is -0.0108. The number of hydrogen-bond acceptors (Lipinski definition) is 7. The van der Waals surface area contributed by atoms with Gasteiger partial charge in [0, 0.05) is 12.5 Å². The van der Waals surface area contributed by atoms with Crippen molar-refractivity contribution in [3.8, 4) is 5.75 Å². The molecule has 1 aliphatic heterocycles. The molecule has 0 aliphatic carbocycles. The molecule has 2 aromatic rings. The predicted octanol–water partition coefficient (Wildman–Crippen LogP) is 6.61. The molecule has 3 rings (SSSR count). The average molecular weight is 614 g/mol. The van der Waals surface area contributed by atoms with Gasteiger partial charge in [-0.3, -0.25) is 4.79 Å². The topological polar surface area (TPSA) is 94.5 Å². The van der Waals surface area contributed by atoms with Crippen LogP contribution in [-0.4, -0.2) is 68.9 Å². The summed E-state index contributed by atoms with van der Waals surface area (Å²) < 4.78 is 23.3. The number of amides is 2. The SMILES string of the molecule is COc1ccc(COCCC[C@H](O[Si](C)(C)C(C)(C)C)[C@H](C)[C@H](O)[C@@H](C)C(=O)N2C(=O)OC[C@H]2Cc2ccccc2)cc1. The van der Waals surface area contributed by atoms with E-state index < -0.39 is 38.4 Å². The van der Waals surface area contributed by atoms with Gasteiger partial charge < -0.3 is 23.7 Å². The largest absolute Gasteiger partial charge is 0.497 e. The number of methoxy groups -OCH3 is 1. The lowest BCUT2D eigenvalue weighted by molar-refractivity contribution is -0.138. The maximum absolute atomic E-state index is 13.6. The van der Waals surface area contributed by atoms with Crippen LogP contribution in [0.1, 0.15) is 58.6 Å². The number of hydrogen-bond donors (Lipinski definition) is 1. The van der Waals surface area contributed by atoms with Crippen LogP contribution in [0.25, 0.3) is 0 Å². The van der Waals surface area contributed by atoms with Crippen molar-refractivity contribution in [1.29, 1.82) is 0 Å². The van der Waals surface area contributed by atoms with Crippen LogP contribution in [0.3, 0.4) is 0 Å². The Labute approximate surface area is 258 Å². The van der Waals surface area contributed by atoms with Crippen molar-refractivity contribution in [2.75, 3.05) is 20.3 Å². The van der Waals surface area contributed by atoms with Gasteiger partial charge in [0.25, 0.3) is 0 Å². The summed E-state index contributed by atoms with van der Waals surface area (Å²) in [5.74, 6) is -0.767. The molecule has 0 spiro atoms. The Morgan fingerprint density at radius 2 is 1.72 bits per heavy atom. The number of carbonyl (C=O) groups excluding carboxylic acids is 2. The Kier molecular flexibility index (Phi) is 12.4. The lowest BCUT2D eigenvalue weighted by Crippen LogP contribution is -2.50. The number of rotatable bonds is 15. The third kappa shape index (κ3) is 9.38. The van der Waals surface area contributed by atoms with Gasteiger partial charge in [-0.25, -0.2) is 9.69 Å². The van der Waals surface area contributed by atoms with Crippen molar-refractivity contribution in [2.45, 2.75) is 96.9 Å². The highest BCUT2D eigenvalue weighted by atomic mass is 28.4. The zero-order chi connectivity index (χ0) is 31.8. The van der Waals surface area contributed by atoms with E-state index in [-0.39, 0.29) is 23.7 Å². The van der Waals surface area contributed by atoms with Gasteiger partial charge in [-0.2, -0.15) is 0 Å². The lowest BCUT2D eigenvalue weighted by atomic mass is 9.86. The number of nitrogens with zero attached hydrogens (tertiary/aromatic N) is 1. The second-order valence-electron chi connectivity index (χ2n) is 13.2. The van der Waals surface area contributed by atoms with Crippen molar-refractivity contribution >= 4 is 20.3 Å². The minimum absolute atomic E-state index is 0.0216. The van der Waals surface area contributed by atoms with Crippen molar-refractivity contribution in [2.24, 2.45) is 11.8 Å². The molecule has 2 amide bonds. The molecule has 0 bridgehead atoms. The highest BCUT2D eigenvalue weighted by molar-refractivity contribution is 6.74.